The van der Waals surface area contributed by atoms with Crippen molar-refractivity contribution in [2.45, 2.75) is 19.9 Å². The second kappa shape index (κ2) is 6.11. The highest BCUT2D eigenvalue weighted by Gasteiger charge is 2.06. The Hall–Kier alpha value is -2.12. The summed E-state index contributed by atoms with van der Waals surface area (Å²) in [6, 6.07) is 24.4. The Morgan fingerprint density at radius 1 is 0.810 bits per heavy atom. The third kappa shape index (κ3) is 2.98. The smallest absolute Gasteiger partial charge is 0.0291 e. The van der Waals surface area contributed by atoms with E-state index in [1.807, 2.05) is 0 Å². The van der Waals surface area contributed by atoms with Crippen molar-refractivity contribution in [3.63, 3.8) is 0 Å². The van der Waals surface area contributed by atoms with Crippen LogP contribution in [0.3, 0.4) is 0 Å². The first-order chi connectivity index (χ1) is 10.3. The van der Waals surface area contributed by atoms with E-state index in [-0.39, 0.29) is 0 Å². The number of hydrogen-bond donors (Lipinski definition) is 1. The molecule has 1 atom stereocenters. The lowest BCUT2D eigenvalue weighted by atomic mass is 9.98. The molecular weight excluding hydrogens is 254 g/mol. The summed E-state index contributed by atoms with van der Waals surface area (Å²) in [4.78, 5) is 0. The van der Waals surface area contributed by atoms with E-state index in [1.165, 1.54) is 27.5 Å². The maximum absolute atomic E-state index is 3.47. The molecule has 3 aromatic rings. The predicted octanol–water partition coefficient (Wildman–Crippen LogP) is 5.18. The molecule has 0 bridgehead atoms. The van der Waals surface area contributed by atoms with Crippen LogP contribution >= 0.6 is 0 Å². The van der Waals surface area contributed by atoms with Crippen LogP contribution in [0, 0.1) is 0 Å². The Bertz CT molecular complexity index is 745. The van der Waals surface area contributed by atoms with Gasteiger partial charge in [-0.05, 0) is 53.1 Å². The fourth-order valence-electron chi connectivity index (χ4n) is 2.78. The fourth-order valence-corrected chi connectivity index (χ4v) is 2.78. The van der Waals surface area contributed by atoms with E-state index < -0.39 is 0 Å². The van der Waals surface area contributed by atoms with Gasteiger partial charge in [0.2, 0.25) is 0 Å². The third-order valence-corrected chi connectivity index (χ3v) is 3.98. The van der Waals surface area contributed by atoms with Crippen molar-refractivity contribution in [1.82, 2.24) is 5.32 Å². The molecule has 106 valence electrons. The van der Waals surface area contributed by atoms with Gasteiger partial charge in [0.15, 0.2) is 0 Å². The van der Waals surface area contributed by atoms with E-state index >= 15 is 0 Å². The molecular formula is C20H21N. The summed E-state index contributed by atoms with van der Waals surface area (Å²) in [5.74, 6) is 0. The van der Waals surface area contributed by atoms with Crippen LogP contribution in [-0.2, 0) is 0 Å². The van der Waals surface area contributed by atoms with Gasteiger partial charge in [0, 0.05) is 6.04 Å². The van der Waals surface area contributed by atoms with Crippen molar-refractivity contribution in [3.05, 3.63) is 72.3 Å². The van der Waals surface area contributed by atoms with E-state index in [0.29, 0.717) is 6.04 Å². The fraction of sp³-hybridized carbons (Fsp3) is 0.200. The number of hydrogen-bond acceptors (Lipinski definition) is 1. The summed E-state index contributed by atoms with van der Waals surface area (Å²) in [6.07, 6.45) is 0. The lowest BCUT2D eigenvalue weighted by Crippen LogP contribution is -2.17. The first-order valence-electron chi connectivity index (χ1n) is 7.60. The molecule has 0 amide bonds. The van der Waals surface area contributed by atoms with Crippen molar-refractivity contribution >= 4 is 10.8 Å². The quantitative estimate of drug-likeness (QED) is 0.692. The van der Waals surface area contributed by atoms with Gasteiger partial charge in [-0.2, -0.15) is 0 Å². The van der Waals surface area contributed by atoms with Crippen molar-refractivity contribution in [2.24, 2.45) is 0 Å². The van der Waals surface area contributed by atoms with Crippen LogP contribution in [0.1, 0.15) is 25.5 Å². The predicted molar refractivity (Wildman–Crippen MR) is 91.5 cm³/mol. The Morgan fingerprint density at radius 2 is 1.57 bits per heavy atom. The molecule has 0 aliphatic heterocycles. The maximum Gasteiger partial charge on any atom is 0.0291 e. The Labute approximate surface area is 126 Å². The SMILES string of the molecule is CCNC(C)c1cccc(-c2ccc3ccccc3c2)c1. The van der Waals surface area contributed by atoms with Crippen LogP contribution in [-0.4, -0.2) is 6.54 Å². The molecule has 3 rings (SSSR count). The van der Waals surface area contributed by atoms with E-state index in [0.717, 1.165) is 6.54 Å². The van der Waals surface area contributed by atoms with Crippen LogP contribution in [0.4, 0.5) is 0 Å². The second-order valence-corrected chi connectivity index (χ2v) is 5.47. The molecule has 0 spiro atoms. The summed E-state index contributed by atoms with van der Waals surface area (Å²) < 4.78 is 0. The highest BCUT2D eigenvalue weighted by atomic mass is 14.9. The van der Waals surface area contributed by atoms with Gasteiger partial charge in [-0.3, -0.25) is 0 Å². The Balaban J connectivity index is 2.00. The molecule has 0 fully saturated rings. The summed E-state index contributed by atoms with van der Waals surface area (Å²) >= 11 is 0. The van der Waals surface area contributed by atoms with Crippen molar-refractivity contribution < 1.29 is 0 Å². The van der Waals surface area contributed by atoms with Gasteiger partial charge in [-0.1, -0.05) is 61.5 Å². The minimum Gasteiger partial charge on any atom is -0.310 e. The summed E-state index contributed by atoms with van der Waals surface area (Å²) in [6.45, 7) is 5.34. The van der Waals surface area contributed by atoms with Crippen molar-refractivity contribution in [3.8, 4) is 11.1 Å². The molecule has 1 unspecified atom stereocenters. The van der Waals surface area contributed by atoms with Gasteiger partial charge in [0.1, 0.15) is 0 Å². The first-order valence-corrected chi connectivity index (χ1v) is 7.60. The van der Waals surface area contributed by atoms with Crippen molar-refractivity contribution in [2.75, 3.05) is 6.54 Å². The Kier molecular flexibility index (Phi) is 4.03. The van der Waals surface area contributed by atoms with E-state index in [1.54, 1.807) is 0 Å². The normalized spacial score (nSPS) is 12.5. The van der Waals surface area contributed by atoms with Crippen LogP contribution in [0.25, 0.3) is 21.9 Å². The zero-order chi connectivity index (χ0) is 14.7. The molecule has 1 nitrogen and oxygen atoms in total. The maximum atomic E-state index is 3.47. The van der Waals surface area contributed by atoms with E-state index in [4.69, 9.17) is 0 Å². The second-order valence-electron chi connectivity index (χ2n) is 5.47. The molecule has 0 aromatic heterocycles. The van der Waals surface area contributed by atoms with Gasteiger partial charge in [-0.25, -0.2) is 0 Å². The van der Waals surface area contributed by atoms with E-state index in [2.05, 4.69) is 85.9 Å². The monoisotopic (exact) mass is 275 g/mol. The highest BCUT2D eigenvalue weighted by molar-refractivity contribution is 5.87. The molecule has 0 radical (unpaired) electrons. The van der Waals surface area contributed by atoms with Gasteiger partial charge in [0.05, 0.1) is 0 Å². The molecule has 21 heavy (non-hydrogen) atoms. The topological polar surface area (TPSA) is 12.0 Å². The minimum absolute atomic E-state index is 0.385. The molecule has 0 heterocycles. The summed E-state index contributed by atoms with van der Waals surface area (Å²) in [5, 5.41) is 6.05. The average Bonchev–Trinajstić information content (AvgIpc) is 2.55. The third-order valence-electron chi connectivity index (χ3n) is 3.98. The molecule has 3 aromatic carbocycles. The number of rotatable bonds is 4. The van der Waals surface area contributed by atoms with Gasteiger partial charge in [-0.15, -0.1) is 0 Å². The first kappa shape index (κ1) is 13.8. The number of nitrogens with one attached hydrogen (secondary N) is 1. The lowest BCUT2D eigenvalue weighted by Gasteiger charge is -2.14. The molecule has 0 aliphatic rings. The number of benzene rings is 3. The zero-order valence-corrected chi connectivity index (χ0v) is 12.6. The average molecular weight is 275 g/mol. The largest absolute Gasteiger partial charge is 0.310 e. The molecule has 1 heteroatoms. The van der Waals surface area contributed by atoms with Gasteiger partial charge in [0.25, 0.3) is 0 Å². The molecule has 0 saturated heterocycles. The summed E-state index contributed by atoms with van der Waals surface area (Å²) in [5.41, 5.74) is 3.89. The van der Waals surface area contributed by atoms with Crippen LogP contribution in [0.15, 0.2) is 66.7 Å². The lowest BCUT2D eigenvalue weighted by molar-refractivity contribution is 0.598. The van der Waals surface area contributed by atoms with Crippen LogP contribution in [0.2, 0.25) is 0 Å². The standard InChI is InChI=1S/C20H21N/c1-3-21-15(2)17-9-6-10-19(13-17)20-12-11-16-7-4-5-8-18(16)14-20/h4-15,21H,3H2,1-2H3. The van der Waals surface area contributed by atoms with Crippen LogP contribution in [0.5, 0.6) is 0 Å². The Morgan fingerprint density at radius 3 is 2.38 bits per heavy atom. The van der Waals surface area contributed by atoms with Crippen LogP contribution < -0.4 is 5.32 Å². The molecule has 0 saturated carbocycles. The van der Waals surface area contributed by atoms with Crippen molar-refractivity contribution in [1.29, 1.82) is 0 Å². The molecule has 0 aliphatic carbocycles. The summed E-state index contributed by atoms with van der Waals surface area (Å²) in [7, 11) is 0. The highest BCUT2D eigenvalue weighted by Crippen LogP contribution is 2.26. The van der Waals surface area contributed by atoms with E-state index in [9.17, 15) is 0 Å². The zero-order valence-electron chi connectivity index (χ0n) is 12.6. The minimum atomic E-state index is 0.385. The molecule has 1 N–H and O–H groups in total. The van der Waals surface area contributed by atoms with Gasteiger partial charge >= 0.3 is 0 Å². The number of fused-ring (bicyclic) bond motifs is 1. The van der Waals surface area contributed by atoms with Gasteiger partial charge < -0.3 is 5.32 Å².